The molecule has 0 fully saturated rings. The van der Waals surface area contributed by atoms with Crippen LogP contribution in [0.25, 0.3) is 16.9 Å². The molecule has 0 radical (unpaired) electrons. The third-order valence-corrected chi connectivity index (χ3v) is 5.29. The summed E-state index contributed by atoms with van der Waals surface area (Å²) in [6, 6.07) is 16.2. The van der Waals surface area contributed by atoms with E-state index in [0.717, 1.165) is 54.2 Å². The molecule has 4 aromatic rings. The topological polar surface area (TPSA) is 47.3 Å². The van der Waals surface area contributed by atoms with E-state index in [1.165, 1.54) is 0 Å². The van der Waals surface area contributed by atoms with Crippen molar-refractivity contribution in [3.63, 3.8) is 0 Å². The number of aryl methyl sites for hydroxylation is 1. The lowest BCUT2D eigenvalue weighted by atomic mass is 10.1. The highest BCUT2D eigenvalue weighted by Gasteiger charge is 2.34. The van der Waals surface area contributed by atoms with Crippen molar-refractivity contribution in [2.45, 2.75) is 32.4 Å². The Bertz CT molecular complexity index is 1260. The van der Waals surface area contributed by atoms with E-state index in [2.05, 4.69) is 6.92 Å². The Hall–Kier alpha value is -3.81. The number of rotatable bonds is 7. The Morgan fingerprint density at radius 1 is 0.941 bits per heavy atom. The monoisotopic (exact) mass is 470 g/mol. The summed E-state index contributed by atoms with van der Waals surface area (Å²) in [6.07, 6.45) is -0.171. The normalized spacial score (nSPS) is 11.6. The van der Waals surface area contributed by atoms with E-state index >= 15 is 0 Å². The average molecular weight is 470 g/mol. The molecule has 3 aromatic carbocycles. The third-order valence-electron chi connectivity index (χ3n) is 5.29. The summed E-state index contributed by atoms with van der Waals surface area (Å²) in [5.74, 6) is -0.0976. The van der Waals surface area contributed by atoms with Crippen molar-refractivity contribution in [1.82, 2.24) is 9.55 Å². The standard InChI is InChI=1S/C26H22F4N2O2/c1-2-3-4-25-31-24(17-5-9-19(33)10-6-17)16-32(25)18-7-11-20(12-8-18)34-21-13-14-23(27)22(15-21)26(28,29)30/h5-16,33H,2-4H2,1H3. The van der Waals surface area contributed by atoms with E-state index < -0.39 is 17.6 Å². The van der Waals surface area contributed by atoms with Crippen molar-refractivity contribution >= 4 is 0 Å². The second-order valence-electron chi connectivity index (χ2n) is 7.80. The second-order valence-corrected chi connectivity index (χ2v) is 7.80. The van der Waals surface area contributed by atoms with Gasteiger partial charge < -0.3 is 14.4 Å². The number of ether oxygens (including phenoxy) is 1. The number of imidazole rings is 1. The summed E-state index contributed by atoms with van der Waals surface area (Å²) < 4.78 is 59.9. The second kappa shape index (κ2) is 9.59. The van der Waals surface area contributed by atoms with Crippen LogP contribution in [0.15, 0.2) is 72.9 Å². The Kier molecular flexibility index (Phi) is 6.58. The molecular weight excluding hydrogens is 448 g/mol. The van der Waals surface area contributed by atoms with Gasteiger partial charge in [-0.3, -0.25) is 0 Å². The molecule has 176 valence electrons. The van der Waals surface area contributed by atoms with Crippen LogP contribution in [-0.2, 0) is 12.6 Å². The number of alkyl halides is 3. The summed E-state index contributed by atoms with van der Waals surface area (Å²) in [6.45, 7) is 2.10. The molecule has 1 N–H and O–H groups in total. The molecule has 0 spiro atoms. The van der Waals surface area contributed by atoms with Crippen molar-refractivity contribution in [2.75, 3.05) is 0 Å². The van der Waals surface area contributed by atoms with Crippen molar-refractivity contribution in [2.24, 2.45) is 0 Å². The predicted octanol–water partition coefficient (Wildman–Crippen LogP) is 7.54. The fourth-order valence-corrected chi connectivity index (χ4v) is 3.52. The predicted molar refractivity (Wildman–Crippen MR) is 121 cm³/mol. The highest BCUT2D eigenvalue weighted by molar-refractivity contribution is 5.60. The Morgan fingerprint density at radius 2 is 1.62 bits per heavy atom. The summed E-state index contributed by atoms with van der Waals surface area (Å²) in [7, 11) is 0. The Labute approximate surface area is 194 Å². The van der Waals surface area contributed by atoms with Gasteiger partial charge >= 0.3 is 6.18 Å². The van der Waals surface area contributed by atoms with Gasteiger partial charge in [0.05, 0.1) is 11.3 Å². The molecule has 0 atom stereocenters. The number of unbranched alkanes of at least 4 members (excludes halogenated alkanes) is 1. The lowest BCUT2D eigenvalue weighted by Crippen LogP contribution is -2.08. The SMILES string of the molecule is CCCCc1nc(-c2ccc(O)cc2)cn1-c1ccc(Oc2ccc(F)c(C(F)(F)F)c2)cc1. The summed E-state index contributed by atoms with van der Waals surface area (Å²) in [5, 5.41) is 9.55. The largest absolute Gasteiger partial charge is 0.508 e. The van der Waals surface area contributed by atoms with Crippen molar-refractivity contribution in [3.8, 4) is 34.2 Å². The highest BCUT2D eigenvalue weighted by Crippen LogP contribution is 2.35. The van der Waals surface area contributed by atoms with Gasteiger partial charge in [-0.25, -0.2) is 9.37 Å². The smallest absolute Gasteiger partial charge is 0.419 e. The molecule has 8 heteroatoms. The van der Waals surface area contributed by atoms with Crippen LogP contribution in [0.4, 0.5) is 17.6 Å². The van der Waals surface area contributed by atoms with Crippen LogP contribution in [0.1, 0.15) is 31.2 Å². The maximum atomic E-state index is 13.5. The van der Waals surface area contributed by atoms with Crippen LogP contribution in [0.5, 0.6) is 17.2 Å². The molecular formula is C26H22F4N2O2. The van der Waals surface area contributed by atoms with Gasteiger partial charge in [-0.15, -0.1) is 0 Å². The molecule has 0 aliphatic carbocycles. The van der Waals surface area contributed by atoms with Gasteiger partial charge in [0.15, 0.2) is 0 Å². The minimum absolute atomic E-state index is 0.109. The number of phenolic OH excluding ortho intramolecular Hbond substituents is 1. The number of aromatic nitrogens is 2. The highest BCUT2D eigenvalue weighted by atomic mass is 19.4. The first-order valence-corrected chi connectivity index (χ1v) is 10.8. The molecule has 0 unspecified atom stereocenters. The fraction of sp³-hybridized carbons (Fsp3) is 0.192. The first kappa shape index (κ1) is 23.4. The van der Waals surface area contributed by atoms with Crippen LogP contribution < -0.4 is 4.74 Å². The number of hydrogen-bond donors (Lipinski definition) is 1. The minimum Gasteiger partial charge on any atom is -0.508 e. The number of nitrogens with zero attached hydrogens (tertiary/aromatic N) is 2. The number of aromatic hydroxyl groups is 1. The first-order valence-electron chi connectivity index (χ1n) is 10.8. The molecule has 0 amide bonds. The lowest BCUT2D eigenvalue weighted by molar-refractivity contribution is -0.140. The number of halogens is 4. The van der Waals surface area contributed by atoms with Gasteiger partial charge in [0.1, 0.15) is 28.9 Å². The average Bonchev–Trinajstić information content (AvgIpc) is 3.23. The van der Waals surface area contributed by atoms with E-state index in [0.29, 0.717) is 11.8 Å². The zero-order valence-corrected chi connectivity index (χ0v) is 18.3. The van der Waals surface area contributed by atoms with Gasteiger partial charge in [0.25, 0.3) is 0 Å². The van der Waals surface area contributed by atoms with Gasteiger partial charge in [-0.2, -0.15) is 13.2 Å². The van der Waals surface area contributed by atoms with E-state index in [-0.39, 0.29) is 11.5 Å². The summed E-state index contributed by atoms with van der Waals surface area (Å²) >= 11 is 0. The van der Waals surface area contributed by atoms with Crippen LogP contribution in [0, 0.1) is 5.82 Å². The minimum atomic E-state index is -4.81. The van der Waals surface area contributed by atoms with Crippen molar-refractivity contribution in [3.05, 3.63) is 90.1 Å². The van der Waals surface area contributed by atoms with Crippen LogP contribution in [0.3, 0.4) is 0 Å². The zero-order chi connectivity index (χ0) is 24.3. The van der Waals surface area contributed by atoms with Gasteiger partial charge in [0.2, 0.25) is 0 Å². The van der Waals surface area contributed by atoms with E-state index in [1.54, 1.807) is 48.5 Å². The van der Waals surface area contributed by atoms with Gasteiger partial charge in [0, 0.05) is 23.9 Å². The molecule has 1 heterocycles. The molecule has 1 aromatic heterocycles. The Balaban J connectivity index is 1.60. The maximum Gasteiger partial charge on any atom is 0.419 e. The molecule has 34 heavy (non-hydrogen) atoms. The third kappa shape index (κ3) is 5.22. The molecule has 0 aliphatic heterocycles. The molecule has 0 saturated carbocycles. The van der Waals surface area contributed by atoms with E-state index in [9.17, 15) is 22.7 Å². The lowest BCUT2D eigenvalue weighted by Gasteiger charge is -2.12. The zero-order valence-electron chi connectivity index (χ0n) is 18.3. The van der Waals surface area contributed by atoms with Crippen LogP contribution in [0.2, 0.25) is 0 Å². The first-order chi connectivity index (χ1) is 16.2. The molecule has 0 bridgehead atoms. The Morgan fingerprint density at radius 3 is 2.26 bits per heavy atom. The molecule has 0 saturated heterocycles. The summed E-state index contributed by atoms with van der Waals surface area (Å²) in [5.41, 5.74) is 1.07. The molecule has 0 aliphatic rings. The van der Waals surface area contributed by atoms with Crippen molar-refractivity contribution < 1.29 is 27.4 Å². The molecule has 4 nitrogen and oxygen atoms in total. The van der Waals surface area contributed by atoms with Crippen LogP contribution in [-0.4, -0.2) is 14.7 Å². The van der Waals surface area contributed by atoms with Gasteiger partial charge in [-0.1, -0.05) is 13.3 Å². The van der Waals surface area contributed by atoms with Crippen molar-refractivity contribution in [1.29, 1.82) is 0 Å². The quantitative estimate of drug-likeness (QED) is 0.284. The molecule has 4 rings (SSSR count). The van der Waals surface area contributed by atoms with E-state index in [1.807, 2.05) is 10.8 Å². The fourth-order valence-electron chi connectivity index (χ4n) is 3.52. The number of hydrogen-bond acceptors (Lipinski definition) is 3. The van der Waals surface area contributed by atoms with E-state index in [4.69, 9.17) is 9.72 Å². The summed E-state index contributed by atoms with van der Waals surface area (Å²) in [4.78, 5) is 4.76. The number of phenols is 1. The van der Waals surface area contributed by atoms with Gasteiger partial charge in [-0.05, 0) is 73.2 Å². The number of benzene rings is 3. The van der Waals surface area contributed by atoms with Crippen LogP contribution >= 0.6 is 0 Å². The maximum absolute atomic E-state index is 13.5.